The molecule has 0 fully saturated rings. The summed E-state index contributed by atoms with van der Waals surface area (Å²) in [5.74, 6) is 0. The molecule has 0 saturated carbocycles. The second kappa shape index (κ2) is 7.54. The van der Waals surface area contributed by atoms with Gasteiger partial charge in [-0.05, 0) is 31.5 Å². The first-order valence-corrected chi connectivity index (χ1v) is 6.60. The summed E-state index contributed by atoms with van der Waals surface area (Å²) in [7, 11) is 0. The highest BCUT2D eigenvalue weighted by atomic mass is 14.9. The van der Waals surface area contributed by atoms with Crippen LogP contribution in [-0.4, -0.2) is 0 Å². The SMILES string of the molecule is CC.Cc1ccc(NCc2cccc(C)c2)cc1. The van der Waals surface area contributed by atoms with Crippen LogP contribution in [0.15, 0.2) is 48.5 Å². The van der Waals surface area contributed by atoms with Gasteiger partial charge >= 0.3 is 0 Å². The zero-order valence-electron chi connectivity index (χ0n) is 11.8. The summed E-state index contributed by atoms with van der Waals surface area (Å²) in [5, 5.41) is 3.42. The van der Waals surface area contributed by atoms with E-state index in [0.717, 1.165) is 6.54 Å². The predicted octanol–water partition coefficient (Wildman–Crippen LogP) is 4.94. The first-order valence-electron chi connectivity index (χ1n) is 6.60. The van der Waals surface area contributed by atoms with Crippen LogP contribution in [0.5, 0.6) is 0 Å². The first kappa shape index (κ1) is 14.3. The second-order valence-corrected chi connectivity index (χ2v) is 4.21. The minimum absolute atomic E-state index is 0.880. The van der Waals surface area contributed by atoms with Gasteiger partial charge in [-0.15, -0.1) is 0 Å². The topological polar surface area (TPSA) is 12.0 Å². The van der Waals surface area contributed by atoms with Crippen molar-refractivity contribution in [3.63, 3.8) is 0 Å². The fourth-order valence-electron chi connectivity index (χ4n) is 1.70. The van der Waals surface area contributed by atoms with Gasteiger partial charge in [0.1, 0.15) is 0 Å². The Labute approximate surface area is 111 Å². The largest absolute Gasteiger partial charge is 0.381 e. The quantitative estimate of drug-likeness (QED) is 0.802. The maximum absolute atomic E-state index is 3.42. The molecule has 2 aromatic rings. The Kier molecular flexibility index (Phi) is 5.99. The summed E-state index contributed by atoms with van der Waals surface area (Å²) < 4.78 is 0. The molecule has 0 heterocycles. The van der Waals surface area contributed by atoms with Crippen molar-refractivity contribution in [3.8, 4) is 0 Å². The first-order chi connectivity index (χ1) is 8.74. The van der Waals surface area contributed by atoms with E-state index in [1.54, 1.807) is 0 Å². The van der Waals surface area contributed by atoms with Crippen LogP contribution in [0.2, 0.25) is 0 Å². The lowest BCUT2D eigenvalue weighted by atomic mass is 10.1. The molecule has 18 heavy (non-hydrogen) atoms. The van der Waals surface area contributed by atoms with E-state index in [1.807, 2.05) is 13.8 Å². The van der Waals surface area contributed by atoms with Crippen molar-refractivity contribution in [1.29, 1.82) is 0 Å². The predicted molar refractivity (Wildman–Crippen MR) is 81.0 cm³/mol. The van der Waals surface area contributed by atoms with Crippen LogP contribution < -0.4 is 5.32 Å². The molecule has 0 unspecified atom stereocenters. The number of benzene rings is 2. The Balaban J connectivity index is 0.000000771. The number of aryl methyl sites for hydroxylation is 2. The molecular weight excluding hydrogens is 218 g/mol. The van der Waals surface area contributed by atoms with Crippen LogP contribution in [0.1, 0.15) is 30.5 Å². The molecule has 96 valence electrons. The van der Waals surface area contributed by atoms with Crippen molar-refractivity contribution < 1.29 is 0 Å². The Morgan fingerprint density at radius 3 is 2.11 bits per heavy atom. The molecule has 1 N–H and O–H groups in total. The highest BCUT2D eigenvalue weighted by molar-refractivity contribution is 5.45. The lowest BCUT2D eigenvalue weighted by molar-refractivity contribution is 1.14. The summed E-state index contributed by atoms with van der Waals surface area (Å²) in [6, 6.07) is 17.1. The monoisotopic (exact) mass is 241 g/mol. The summed E-state index contributed by atoms with van der Waals surface area (Å²) in [6.07, 6.45) is 0. The molecule has 0 saturated heterocycles. The molecule has 2 rings (SSSR count). The maximum Gasteiger partial charge on any atom is 0.0400 e. The van der Waals surface area contributed by atoms with E-state index in [9.17, 15) is 0 Å². The van der Waals surface area contributed by atoms with Gasteiger partial charge in [-0.1, -0.05) is 61.4 Å². The Bertz CT molecular complexity index is 457. The average Bonchev–Trinajstić information content (AvgIpc) is 2.41. The molecule has 0 bridgehead atoms. The van der Waals surface area contributed by atoms with Crippen molar-refractivity contribution in [1.82, 2.24) is 0 Å². The molecule has 0 atom stereocenters. The zero-order valence-corrected chi connectivity index (χ0v) is 11.8. The molecule has 0 aliphatic carbocycles. The molecule has 0 aromatic heterocycles. The van der Waals surface area contributed by atoms with E-state index >= 15 is 0 Å². The third-order valence-electron chi connectivity index (χ3n) is 2.63. The van der Waals surface area contributed by atoms with E-state index in [0.29, 0.717) is 0 Å². The van der Waals surface area contributed by atoms with E-state index in [2.05, 4.69) is 67.7 Å². The van der Waals surface area contributed by atoms with Gasteiger partial charge in [-0.3, -0.25) is 0 Å². The number of nitrogens with one attached hydrogen (secondary N) is 1. The van der Waals surface area contributed by atoms with Crippen LogP contribution in [0, 0.1) is 13.8 Å². The lowest BCUT2D eigenvalue weighted by Crippen LogP contribution is -1.99. The van der Waals surface area contributed by atoms with Crippen molar-refractivity contribution in [3.05, 3.63) is 65.2 Å². The van der Waals surface area contributed by atoms with Gasteiger partial charge < -0.3 is 5.32 Å². The number of hydrogen-bond donors (Lipinski definition) is 1. The van der Waals surface area contributed by atoms with E-state index in [-0.39, 0.29) is 0 Å². The van der Waals surface area contributed by atoms with Crippen LogP contribution in [0.3, 0.4) is 0 Å². The molecule has 0 amide bonds. The second-order valence-electron chi connectivity index (χ2n) is 4.21. The molecule has 0 spiro atoms. The van der Waals surface area contributed by atoms with Crippen molar-refractivity contribution in [2.24, 2.45) is 0 Å². The minimum Gasteiger partial charge on any atom is -0.381 e. The third-order valence-corrected chi connectivity index (χ3v) is 2.63. The smallest absolute Gasteiger partial charge is 0.0400 e. The van der Waals surface area contributed by atoms with Gasteiger partial charge in [0.25, 0.3) is 0 Å². The third kappa shape index (κ3) is 4.62. The molecular formula is C17H23N. The van der Waals surface area contributed by atoms with E-state index < -0.39 is 0 Å². The Hall–Kier alpha value is -1.76. The number of hydrogen-bond acceptors (Lipinski definition) is 1. The average molecular weight is 241 g/mol. The lowest BCUT2D eigenvalue weighted by Gasteiger charge is -2.07. The maximum atomic E-state index is 3.42. The summed E-state index contributed by atoms with van der Waals surface area (Å²) in [6.45, 7) is 9.10. The molecule has 1 heteroatoms. The van der Waals surface area contributed by atoms with Gasteiger partial charge in [-0.2, -0.15) is 0 Å². The number of rotatable bonds is 3. The van der Waals surface area contributed by atoms with Crippen molar-refractivity contribution in [2.45, 2.75) is 34.2 Å². The van der Waals surface area contributed by atoms with Gasteiger partial charge in [0, 0.05) is 12.2 Å². The van der Waals surface area contributed by atoms with Crippen LogP contribution >= 0.6 is 0 Å². The van der Waals surface area contributed by atoms with E-state index in [4.69, 9.17) is 0 Å². The van der Waals surface area contributed by atoms with Gasteiger partial charge in [0.2, 0.25) is 0 Å². The molecule has 1 nitrogen and oxygen atoms in total. The standard InChI is InChI=1S/C15H17N.C2H6/c1-12-6-8-15(9-7-12)16-11-14-5-3-4-13(2)10-14;1-2/h3-10,16H,11H2,1-2H3;1-2H3. The van der Waals surface area contributed by atoms with Crippen LogP contribution in [-0.2, 0) is 6.54 Å². The summed E-state index contributed by atoms with van der Waals surface area (Å²) in [5.41, 5.74) is 5.09. The van der Waals surface area contributed by atoms with Crippen LogP contribution in [0.4, 0.5) is 5.69 Å². The molecule has 0 aliphatic heterocycles. The van der Waals surface area contributed by atoms with Crippen molar-refractivity contribution >= 4 is 5.69 Å². The fourth-order valence-corrected chi connectivity index (χ4v) is 1.70. The molecule has 2 aromatic carbocycles. The van der Waals surface area contributed by atoms with Gasteiger partial charge in [-0.25, -0.2) is 0 Å². The van der Waals surface area contributed by atoms with Crippen LogP contribution in [0.25, 0.3) is 0 Å². The molecule has 0 radical (unpaired) electrons. The highest BCUT2D eigenvalue weighted by Gasteiger charge is 1.94. The molecule has 0 aliphatic rings. The highest BCUT2D eigenvalue weighted by Crippen LogP contribution is 2.11. The normalized spacial score (nSPS) is 9.33. The van der Waals surface area contributed by atoms with Gasteiger partial charge in [0.15, 0.2) is 0 Å². The van der Waals surface area contributed by atoms with Crippen molar-refractivity contribution in [2.75, 3.05) is 5.32 Å². The summed E-state index contributed by atoms with van der Waals surface area (Å²) in [4.78, 5) is 0. The minimum atomic E-state index is 0.880. The Morgan fingerprint density at radius 1 is 0.833 bits per heavy atom. The fraction of sp³-hybridized carbons (Fsp3) is 0.294. The van der Waals surface area contributed by atoms with E-state index in [1.165, 1.54) is 22.4 Å². The summed E-state index contributed by atoms with van der Waals surface area (Å²) >= 11 is 0. The number of anilines is 1. The van der Waals surface area contributed by atoms with Gasteiger partial charge in [0.05, 0.1) is 0 Å². The zero-order chi connectivity index (χ0) is 13.4. The Morgan fingerprint density at radius 2 is 1.50 bits per heavy atom.